The fourth-order valence-electron chi connectivity index (χ4n) is 4.08. The van der Waals surface area contributed by atoms with Gasteiger partial charge in [-0.15, -0.1) is 0 Å². The van der Waals surface area contributed by atoms with Crippen molar-refractivity contribution in [2.24, 2.45) is 5.73 Å². The number of nitrogens with zero attached hydrogens (tertiary/aromatic N) is 2. The minimum Gasteiger partial charge on any atom is -0.493 e. The molecule has 0 radical (unpaired) electrons. The van der Waals surface area contributed by atoms with Crippen LogP contribution < -0.4 is 15.2 Å². The van der Waals surface area contributed by atoms with Crippen LogP contribution >= 0.6 is 0 Å². The molecule has 0 aromatic heterocycles. The number of nitrogens with two attached hydrogens (primary N) is 1. The van der Waals surface area contributed by atoms with Gasteiger partial charge in [-0.1, -0.05) is 24.3 Å². The molecule has 2 N–H and O–H groups in total. The van der Waals surface area contributed by atoms with E-state index in [-0.39, 0.29) is 23.8 Å². The second-order valence-electron chi connectivity index (χ2n) is 7.51. The maximum Gasteiger partial charge on any atom is 0.205 e. The van der Waals surface area contributed by atoms with E-state index >= 15 is 0 Å². The highest BCUT2D eigenvalue weighted by Gasteiger charge is 2.38. The lowest BCUT2D eigenvalue weighted by Gasteiger charge is -2.31. The van der Waals surface area contributed by atoms with Crippen LogP contribution in [0.15, 0.2) is 65.3 Å². The number of allylic oxidation sites excluding steroid dienone is 3. The van der Waals surface area contributed by atoms with Crippen molar-refractivity contribution in [2.75, 3.05) is 7.11 Å². The number of hydrogen-bond donors (Lipinski definition) is 1. The number of ketones is 1. The Balaban J connectivity index is 1.69. The topological polar surface area (TPSA) is 118 Å². The molecule has 1 aliphatic carbocycles. The number of ether oxygens (including phenoxy) is 3. The first-order valence-electron chi connectivity index (χ1n) is 10.2. The van der Waals surface area contributed by atoms with Crippen molar-refractivity contribution in [3.63, 3.8) is 0 Å². The molecule has 1 heterocycles. The Morgan fingerprint density at radius 3 is 2.69 bits per heavy atom. The van der Waals surface area contributed by atoms with Crippen LogP contribution in [0.25, 0.3) is 0 Å². The first-order valence-corrected chi connectivity index (χ1v) is 10.2. The zero-order valence-corrected chi connectivity index (χ0v) is 17.6. The summed E-state index contributed by atoms with van der Waals surface area (Å²) < 4.78 is 17.1. The van der Waals surface area contributed by atoms with E-state index in [4.69, 9.17) is 19.9 Å². The molecule has 7 nitrogen and oxygen atoms in total. The van der Waals surface area contributed by atoms with E-state index in [9.17, 15) is 15.3 Å². The summed E-state index contributed by atoms with van der Waals surface area (Å²) in [6.45, 7) is 0.195. The molecule has 2 aromatic rings. The largest absolute Gasteiger partial charge is 0.493 e. The van der Waals surface area contributed by atoms with Gasteiger partial charge in [0, 0.05) is 24.0 Å². The molecule has 2 aliphatic rings. The monoisotopic (exact) mass is 427 g/mol. The lowest BCUT2D eigenvalue weighted by molar-refractivity contribution is -0.116. The first kappa shape index (κ1) is 21.0. The van der Waals surface area contributed by atoms with Gasteiger partial charge in [-0.25, -0.2) is 0 Å². The summed E-state index contributed by atoms with van der Waals surface area (Å²) in [7, 11) is 1.52. The number of benzene rings is 2. The molecule has 1 unspecified atom stereocenters. The lowest BCUT2D eigenvalue weighted by Crippen LogP contribution is -2.27. The second-order valence-corrected chi connectivity index (χ2v) is 7.51. The smallest absolute Gasteiger partial charge is 0.205 e. The van der Waals surface area contributed by atoms with Crippen molar-refractivity contribution in [1.29, 1.82) is 10.5 Å². The molecule has 0 fully saturated rings. The molecule has 0 spiro atoms. The highest BCUT2D eigenvalue weighted by molar-refractivity contribution is 5.99. The van der Waals surface area contributed by atoms with Crippen molar-refractivity contribution in [1.82, 2.24) is 0 Å². The third kappa shape index (κ3) is 3.77. The van der Waals surface area contributed by atoms with E-state index in [1.165, 1.54) is 7.11 Å². The van der Waals surface area contributed by atoms with Gasteiger partial charge < -0.3 is 19.9 Å². The minimum atomic E-state index is -0.612. The van der Waals surface area contributed by atoms with E-state index in [1.807, 2.05) is 12.1 Å². The van der Waals surface area contributed by atoms with Crippen LogP contribution in [0.5, 0.6) is 11.5 Å². The Bertz CT molecular complexity index is 1230. The van der Waals surface area contributed by atoms with Gasteiger partial charge in [0.2, 0.25) is 5.88 Å². The van der Waals surface area contributed by atoms with Crippen LogP contribution in [0.4, 0.5) is 0 Å². The van der Waals surface area contributed by atoms with Gasteiger partial charge in [0.15, 0.2) is 17.3 Å². The standard InChI is InChI=1S/C25H21N3O4/c1-30-22-11-15(9-10-20(22)31-14-17-6-3-2-5-16(17)12-26)23-18(13-27)25(28)32-21-8-4-7-19(29)24(21)23/h2-3,5-6,9-11,23H,4,7-8,14,28H2,1H3. The number of Topliss-reactive ketones (excluding diaryl/α,β-unsaturated/α-hetero) is 1. The Morgan fingerprint density at radius 2 is 1.94 bits per heavy atom. The Morgan fingerprint density at radius 1 is 1.12 bits per heavy atom. The predicted octanol–water partition coefficient (Wildman–Crippen LogP) is 3.96. The Hall–Kier alpha value is -4.23. The van der Waals surface area contributed by atoms with E-state index in [0.717, 1.165) is 5.56 Å². The fraction of sp³-hybridized carbons (Fsp3) is 0.240. The number of carbonyl (C=O) groups is 1. The quantitative estimate of drug-likeness (QED) is 0.767. The third-order valence-electron chi connectivity index (χ3n) is 5.65. The van der Waals surface area contributed by atoms with E-state index in [2.05, 4.69) is 12.1 Å². The van der Waals surface area contributed by atoms with Gasteiger partial charge in [0.05, 0.1) is 24.7 Å². The molecular formula is C25H21N3O4. The first-order chi connectivity index (χ1) is 15.6. The average molecular weight is 427 g/mol. The summed E-state index contributed by atoms with van der Waals surface area (Å²) in [6.07, 6.45) is 1.71. The van der Waals surface area contributed by atoms with E-state index < -0.39 is 5.92 Å². The fourth-order valence-corrected chi connectivity index (χ4v) is 4.08. The second kappa shape index (κ2) is 8.87. The molecule has 0 bridgehead atoms. The van der Waals surface area contributed by atoms with Crippen LogP contribution in [0.1, 0.15) is 41.9 Å². The predicted molar refractivity (Wildman–Crippen MR) is 115 cm³/mol. The molecule has 160 valence electrons. The van der Waals surface area contributed by atoms with Crippen LogP contribution in [-0.4, -0.2) is 12.9 Å². The molecule has 32 heavy (non-hydrogen) atoms. The van der Waals surface area contributed by atoms with Gasteiger partial charge in [0.25, 0.3) is 0 Å². The van der Waals surface area contributed by atoms with Crippen molar-refractivity contribution in [3.8, 4) is 23.6 Å². The summed E-state index contributed by atoms with van der Waals surface area (Å²) in [5.41, 5.74) is 8.70. The highest BCUT2D eigenvalue weighted by atomic mass is 16.5. The van der Waals surface area contributed by atoms with Crippen molar-refractivity contribution in [2.45, 2.75) is 31.8 Å². The lowest BCUT2D eigenvalue weighted by atomic mass is 9.77. The van der Waals surface area contributed by atoms with Crippen molar-refractivity contribution >= 4 is 5.78 Å². The Kier molecular flexibility index (Phi) is 5.83. The van der Waals surface area contributed by atoms with Gasteiger partial charge in [-0.3, -0.25) is 4.79 Å². The maximum atomic E-state index is 12.7. The van der Waals surface area contributed by atoms with Crippen LogP contribution in [0.2, 0.25) is 0 Å². The van der Waals surface area contributed by atoms with Gasteiger partial charge >= 0.3 is 0 Å². The molecule has 2 aromatic carbocycles. The van der Waals surface area contributed by atoms with Crippen LogP contribution in [-0.2, 0) is 16.1 Å². The molecule has 7 heteroatoms. The SMILES string of the molecule is COc1cc(C2C(C#N)=C(N)OC3=C2C(=O)CCC3)ccc1OCc1ccccc1C#N. The number of methoxy groups -OCH3 is 1. The van der Waals surface area contributed by atoms with Crippen LogP contribution in [0.3, 0.4) is 0 Å². The molecular weight excluding hydrogens is 406 g/mol. The minimum absolute atomic E-state index is 0.0263. The van der Waals surface area contributed by atoms with Gasteiger partial charge in [0.1, 0.15) is 24.0 Å². The molecule has 1 aliphatic heterocycles. The van der Waals surface area contributed by atoms with Crippen molar-refractivity contribution in [3.05, 3.63) is 81.9 Å². The Labute approximate surface area is 185 Å². The molecule has 1 atom stereocenters. The zero-order chi connectivity index (χ0) is 22.7. The number of hydrogen-bond acceptors (Lipinski definition) is 7. The van der Waals surface area contributed by atoms with Gasteiger partial charge in [-0.05, 0) is 30.2 Å². The van der Waals surface area contributed by atoms with Crippen LogP contribution in [0, 0.1) is 22.7 Å². The summed E-state index contributed by atoms with van der Waals surface area (Å²) in [6, 6.07) is 16.7. The maximum absolute atomic E-state index is 12.7. The molecule has 0 amide bonds. The number of carbonyl (C=O) groups excluding carboxylic acids is 1. The summed E-state index contributed by atoms with van der Waals surface area (Å²) >= 11 is 0. The third-order valence-corrected chi connectivity index (χ3v) is 5.65. The zero-order valence-electron chi connectivity index (χ0n) is 17.6. The highest BCUT2D eigenvalue weighted by Crippen LogP contribution is 2.45. The molecule has 4 rings (SSSR count). The van der Waals surface area contributed by atoms with Crippen molar-refractivity contribution < 1.29 is 19.0 Å². The summed E-state index contributed by atoms with van der Waals surface area (Å²) in [5, 5.41) is 19.0. The average Bonchev–Trinajstić information content (AvgIpc) is 2.82. The normalized spacial score (nSPS) is 17.7. The molecule has 0 saturated carbocycles. The van der Waals surface area contributed by atoms with E-state index in [1.54, 1.807) is 30.3 Å². The van der Waals surface area contributed by atoms with Gasteiger partial charge in [-0.2, -0.15) is 10.5 Å². The molecule has 0 saturated heterocycles. The number of rotatable bonds is 5. The summed E-state index contributed by atoms with van der Waals surface area (Å²) in [4.78, 5) is 12.7. The number of nitriles is 2. The van der Waals surface area contributed by atoms with E-state index in [0.29, 0.717) is 53.2 Å². The summed E-state index contributed by atoms with van der Waals surface area (Å²) in [5.74, 6) is 0.844.